The van der Waals surface area contributed by atoms with Gasteiger partial charge in [-0.15, -0.1) is 21.5 Å². The largest absolute Gasteiger partial charge is 0.309 e. The van der Waals surface area contributed by atoms with Crippen molar-refractivity contribution in [1.82, 2.24) is 19.7 Å². The van der Waals surface area contributed by atoms with Gasteiger partial charge in [0.2, 0.25) is 5.91 Å². The maximum absolute atomic E-state index is 12.2. The van der Waals surface area contributed by atoms with Gasteiger partial charge >= 0.3 is 0 Å². The molecule has 0 spiro atoms. The molecule has 0 aliphatic carbocycles. The fourth-order valence-corrected chi connectivity index (χ4v) is 3.77. The zero-order valence-corrected chi connectivity index (χ0v) is 15.9. The molecule has 1 N–H and O–H groups in total. The van der Waals surface area contributed by atoms with Crippen molar-refractivity contribution in [3.63, 3.8) is 0 Å². The van der Waals surface area contributed by atoms with Crippen LogP contribution in [-0.2, 0) is 11.8 Å². The minimum Gasteiger partial charge on any atom is -0.309 e. The van der Waals surface area contributed by atoms with E-state index in [-0.39, 0.29) is 11.7 Å². The van der Waals surface area contributed by atoms with E-state index in [9.17, 15) is 4.79 Å². The predicted molar refractivity (Wildman–Crippen MR) is 102 cm³/mol. The third-order valence-corrected chi connectivity index (χ3v) is 5.32. The molecule has 0 saturated heterocycles. The second-order valence-electron chi connectivity index (χ2n) is 5.80. The van der Waals surface area contributed by atoms with Gasteiger partial charge in [0.05, 0.1) is 11.4 Å². The van der Waals surface area contributed by atoms with E-state index in [1.807, 2.05) is 47.3 Å². The van der Waals surface area contributed by atoms with Crippen molar-refractivity contribution >= 4 is 34.1 Å². The summed E-state index contributed by atoms with van der Waals surface area (Å²) in [6, 6.07) is 9.90. The first-order valence-corrected chi connectivity index (χ1v) is 9.74. The lowest BCUT2D eigenvalue weighted by Crippen LogP contribution is -2.14. The summed E-state index contributed by atoms with van der Waals surface area (Å²) < 4.78 is 1.93. The van der Waals surface area contributed by atoms with Crippen LogP contribution in [0.1, 0.15) is 25.6 Å². The van der Waals surface area contributed by atoms with Gasteiger partial charge in [0.1, 0.15) is 5.82 Å². The smallest absolute Gasteiger partial charge is 0.236 e. The van der Waals surface area contributed by atoms with Crippen LogP contribution in [0.2, 0.25) is 0 Å². The molecule has 6 nitrogen and oxygen atoms in total. The van der Waals surface area contributed by atoms with Gasteiger partial charge in [-0.2, -0.15) is 0 Å². The monoisotopic (exact) mass is 373 g/mol. The lowest BCUT2D eigenvalue weighted by atomic mass is 10.2. The van der Waals surface area contributed by atoms with Crippen LogP contribution in [0, 0.1) is 0 Å². The van der Waals surface area contributed by atoms with Crippen LogP contribution in [0.5, 0.6) is 0 Å². The molecule has 3 aromatic rings. The molecule has 8 heteroatoms. The van der Waals surface area contributed by atoms with Crippen molar-refractivity contribution in [2.45, 2.75) is 24.9 Å². The Morgan fingerprint density at radius 2 is 2.04 bits per heavy atom. The summed E-state index contributed by atoms with van der Waals surface area (Å²) in [7, 11) is 1.92. The van der Waals surface area contributed by atoms with Crippen molar-refractivity contribution in [3.8, 4) is 11.3 Å². The number of amides is 1. The number of carbonyl (C=O) groups is 1. The molecule has 0 fully saturated rings. The van der Waals surface area contributed by atoms with Gasteiger partial charge in [0.25, 0.3) is 0 Å². The topological polar surface area (TPSA) is 72.7 Å². The molecular weight excluding hydrogens is 354 g/mol. The summed E-state index contributed by atoms with van der Waals surface area (Å²) in [6.07, 6.45) is 0. The number of aromatic nitrogens is 4. The Morgan fingerprint density at radius 1 is 1.28 bits per heavy atom. The van der Waals surface area contributed by atoms with Gasteiger partial charge < -0.3 is 9.88 Å². The molecule has 3 rings (SSSR count). The molecule has 1 amide bonds. The Kier molecular flexibility index (Phi) is 5.50. The van der Waals surface area contributed by atoms with Crippen molar-refractivity contribution in [2.24, 2.45) is 7.05 Å². The van der Waals surface area contributed by atoms with Crippen LogP contribution < -0.4 is 5.32 Å². The van der Waals surface area contributed by atoms with E-state index < -0.39 is 0 Å². The Balaban J connectivity index is 1.57. The highest BCUT2D eigenvalue weighted by Crippen LogP contribution is 2.25. The third kappa shape index (κ3) is 4.26. The van der Waals surface area contributed by atoms with Gasteiger partial charge in [0, 0.05) is 23.9 Å². The number of thiazole rings is 1. The predicted octanol–water partition coefficient (Wildman–Crippen LogP) is 3.79. The van der Waals surface area contributed by atoms with Gasteiger partial charge in [0.15, 0.2) is 10.3 Å². The van der Waals surface area contributed by atoms with E-state index in [1.165, 1.54) is 23.1 Å². The molecule has 25 heavy (non-hydrogen) atoms. The number of hydrogen-bond acceptors (Lipinski definition) is 6. The summed E-state index contributed by atoms with van der Waals surface area (Å²) in [5.41, 5.74) is 1.90. The minimum absolute atomic E-state index is 0.104. The number of rotatable bonds is 6. The van der Waals surface area contributed by atoms with Crippen LogP contribution in [0.4, 0.5) is 5.13 Å². The average molecular weight is 374 g/mol. The van der Waals surface area contributed by atoms with Crippen molar-refractivity contribution in [3.05, 3.63) is 41.5 Å². The lowest BCUT2D eigenvalue weighted by molar-refractivity contribution is -0.113. The van der Waals surface area contributed by atoms with Crippen LogP contribution >= 0.6 is 23.1 Å². The normalized spacial score (nSPS) is 11.0. The van der Waals surface area contributed by atoms with Crippen molar-refractivity contribution in [1.29, 1.82) is 0 Å². The number of thioether (sulfide) groups is 1. The highest BCUT2D eigenvalue weighted by atomic mass is 32.2. The molecule has 0 saturated carbocycles. The molecule has 2 aromatic heterocycles. The fourth-order valence-electron chi connectivity index (χ4n) is 2.31. The zero-order chi connectivity index (χ0) is 17.8. The second-order valence-corrected chi connectivity index (χ2v) is 7.60. The average Bonchev–Trinajstić information content (AvgIpc) is 3.20. The molecule has 0 unspecified atom stereocenters. The molecule has 0 radical (unpaired) electrons. The lowest BCUT2D eigenvalue weighted by Gasteiger charge is -2.05. The van der Waals surface area contributed by atoms with Crippen LogP contribution in [-0.4, -0.2) is 31.4 Å². The van der Waals surface area contributed by atoms with Gasteiger partial charge in [-0.05, 0) is 0 Å². The Bertz CT molecular complexity index is 857. The maximum atomic E-state index is 12.2. The summed E-state index contributed by atoms with van der Waals surface area (Å²) >= 11 is 2.79. The summed E-state index contributed by atoms with van der Waals surface area (Å²) in [6.45, 7) is 4.13. The van der Waals surface area contributed by atoms with E-state index in [0.717, 1.165) is 22.2 Å². The Hall–Kier alpha value is -2.19. The van der Waals surface area contributed by atoms with E-state index >= 15 is 0 Å². The van der Waals surface area contributed by atoms with Crippen LogP contribution in [0.15, 0.2) is 40.9 Å². The van der Waals surface area contributed by atoms with E-state index in [0.29, 0.717) is 11.0 Å². The summed E-state index contributed by atoms with van der Waals surface area (Å²) in [4.78, 5) is 16.6. The number of nitrogens with zero attached hydrogens (tertiary/aromatic N) is 4. The standard InChI is InChI=1S/C17H19N5OS2/c1-11(2)15-20-21-17(22(15)3)25-10-14(23)19-16-18-13(9-24-16)12-7-5-4-6-8-12/h4-9,11H,10H2,1-3H3,(H,18,19,23). The van der Waals surface area contributed by atoms with Gasteiger partial charge in [-0.1, -0.05) is 55.9 Å². The molecule has 0 bridgehead atoms. The molecular formula is C17H19N5OS2. The highest BCUT2D eigenvalue weighted by molar-refractivity contribution is 7.99. The highest BCUT2D eigenvalue weighted by Gasteiger charge is 2.14. The van der Waals surface area contributed by atoms with Crippen LogP contribution in [0.3, 0.4) is 0 Å². The minimum atomic E-state index is -0.104. The van der Waals surface area contributed by atoms with Crippen molar-refractivity contribution in [2.75, 3.05) is 11.1 Å². The molecule has 0 aliphatic heterocycles. The third-order valence-electron chi connectivity index (χ3n) is 3.54. The molecule has 0 atom stereocenters. The number of nitrogens with one attached hydrogen (secondary N) is 1. The first-order chi connectivity index (χ1) is 12.0. The number of hydrogen-bond donors (Lipinski definition) is 1. The first kappa shape index (κ1) is 17.6. The summed E-state index contributed by atoms with van der Waals surface area (Å²) in [5, 5.41) is 14.4. The Labute approximate surface area is 154 Å². The molecule has 2 heterocycles. The Morgan fingerprint density at radius 3 is 2.72 bits per heavy atom. The van der Waals surface area contributed by atoms with Gasteiger partial charge in [-0.25, -0.2) is 4.98 Å². The van der Waals surface area contributed by atoms with Crippen molar-refractivity contribution < 1.29 is 4.79 Å². The quantitative estimate of drug-likeness (QED) is 0.666. The maximum Gasteiger partial charge on any atom is 0.236 e. The first-order valence-electron chi connectivity index (χ1n) is 7.87. The number of benzene rings is 1. The number of carbonyl (C=O) groups excluding carboxylic acids is 1. The zero-order valence-electron chi connectivity index (χ0n) is 14.3. The number of anilines is 1. The molecule has 1 aromatic carbocycles. The summed E-state index contributed by atoms with van der Waals surface area (Å²) in [5.74, 6) is 1.38. The fraction of sp³-hybridized carbons (Fsp3) is 0.294. The van der Waals surface area contributed by atoms with E-state index in [4.69, 9.17) is 0 Å². The van der Waals surface area contributed by atoms with Crippen LogP contribution in [0.25, 0.3) is 11.3 Å². The van der Waals surface area contributed by atoms with E-state index in [1.54, 1.807) is 0 Å². The van der Waals surface area contributed by atoms with Gasteiger partial charge in [-0.3, -0.25) is 4.79 Å². The second kappa shape index (κ2) is 7.79. The molecule has 130 valence electrons. The van der Waals surface area contributed by atoms with E-state index in [2.05, 4.69) is 34.3 Å². The SMILES string of the molecule is CC(C)c1nnc(SCC(=O)Nc2nc(-c3ccccc3)cs2)n1C. The molecule has 0 aliphatic rings.